The van der Waals surface area contributed by atoms with Crippen LogP contribution in [0.1, 0.15) is 21.5 Å². The van der Waals surface area contributed by atoms with Crippen molar-refractivity contribution >= 4 is 23.7 Å². The molecular formula is C21H17ClN2O3. The van der Waals surface area contributed by atoms with Gasteiger partial charge in [0.25, 0.3) is 5.91 Å². The normalized spacial score (nSPS) is 10.7. The number of rotatable bonds is 6. The summed E-state index contributed by atoms with van der Waals surface area (Å²) in [7, 11) is 0. The largest absolute Gasteiger partial charge is 0.508 e. The Hall–Kier alpha value is -3.31. The summed E-state index contributed by atoms with van der Waals surface area (Å²) in [5.74, 6) is 0.473. The van der Waals surface area contributed by atoms with Crippen molar-refractivity contribution in [1.82, 2.24) is 5.43 Å². The molecule has 27 heavy (non-hydrogen) atoms. The number of nitrogens with one attached hydrogen (secondary N) is 1. The molecule has 0 fully saturated rings. The minimum atomic E-state index is -0.354. The molecule has 0 atom stereocenters. The summed E-state index contributed by atoms with van der Waals surface area (Å²) in [5, 5.41) is 13.8. The number of amides is 1. The fraction of sp³-hybridized carbons (Fsp3) is 0.0476. The molecule has 0 unspecified atom stereocenters. The Morgan fingerprint density at radius 1 is 1.07 bits per heavy atom. The summed E-state index contributed by atoms with van der Waals surface area (Å²) in [6.45, 7) is 0.427. The molecule has 6 heteroatoms. The number of nitrogens with zero attached hydrogens (tertiary/aromatic N) is 1. The second kappa shape index (κ2) is 8.87. The van der Waals surface area contributed by atoms with Crippen molar-refractivity contribution in [3.63, 3.8) is 0 Å². The average molecular weight is 381 g/mol. The van der Waals surface area contributed by atoms with Gasteiger partial charge < -0.3 is 9.84 Å². The predicted molar refractivity (Wildman–Crippen MR) is 105 cm³/mol. The number of carbonyl (C=O) groups excluding carboxylic acids is 1. The Labute approximate surface area is 161 Å². The molecule has 0 aliphatic heterocycles. The summed E-state index contributed by atoms with van der Waals surface area (Å²) in [4.78, 5) is 11.9. The number of carbonyl (C=O) groups is 1. The minimum absolute atomic E-state index is 0.104. The van der Waals surface area contributed by atoms with E-state index < -0.39 is 0 Å². The van der Waals surface area contributed by atoms with Crippen molar-refractivity contribution in [2.45, 2.75) is 6.61 Å². The third-order valence-corrected chi connectivity index (χ3v) is 3.92. The van der Waals surface area contributed by atoms with E-state index in [-0.39, 0.29) is 11.7 Å². The molecule has 3 aromatic carbocycles. The lowest BCUT2D eigenvalue weighted by Crippen LogP contribution is -2.17. The Balaban J connectivity index is 1.51. The average Bonchev–Trinajstić information content (AvgIpc) is 2.68. The highest BCUT2D eigenvalue weighted by atomic mass is 35.5. The molecule has 0 saturated carbocycles. The van der Waals surface area contributed by atoms with E-state index >= 15 is 0 Å². The summed E-state index contributed by atoms with van der Waals surface area (Å²) < 4.78 is 5.72. The van der Waals surface area contributed by atoms with E-state index in [1.54, 1.807) is 6.21 Å². The summed E-state index contributed by atoms with van der Waals surface area (Å²) >= 11 is 5.95. The maximum absolute atomic E-state index is 11.9. The van der Waals surface area contributed by atoms with Crippen molar-refractivity contribution in [2.75, 3.05) is 0 Å². The van der Waals surface area contributed by atoms with E-state index in [1.807, 2.05) is 48.5 Å². The number of ether oxygens (including phenoxy) is 1. The quantitative estimate of drug-likeness (QED) is 0.492. The molecule has 0 aliphatic rings. The van der Waals surface area contributed by atoms with E-state index in [0.29, 0.717) is 17.2 Å². The first kappa shape index (κ1) is 18.5. The number of hydrazone groups is 1. The van der Waals surface area contributed by atoms with Gasteiger partial charge in [0.15, 0.2) is 0 Å². The van der Waals surface area contributed by atoms with Gasteiger partial charge in [0.05, 0.1) is 6.21 Å². The zero-order valence-electron chi connectivity index (χ0n) is 14.3. The fourth-order valence-electron chi connectivity index (χ4n) is 2.29. The van der Waals surface area contributed by atoms with Crippen molar-refractivity contribution in [3.8, 4) is 11.5 Å². The van der Waals surface area contributed by atoms with Crippen LogP contribution in [0.5, 0.6) is 11.5 Å². The van der Waals surface area contributed by atoms with Crippen LogP contribution in [0.4, 0.5) is 0 Å². The van der Waals surface area contributed by atoms with Crippen LogP contribution < -0.4 is 10.2 Å². The number of aromatic hydroxyl groups is 1. The molecule has 1 amide bonds. The number of benzene rings is 3. The second-order valence-corrected chi connectivity index (χ2v) is 6.17. The number of hydrogen-bond donors (Lipinski definition) is 2. The lowest BCUT2D eigenvalue weighted by Gasteiger charge is -2.06. The number of phenolic OH excluding ortho intramolecular Hbond substituents is 1. The molecule has 0 bridgehead atoms. The third-order valence-electron chi connectivity index (χ3n) is 3.68. The van der Waals surface area contributed by atoms with Crippen LogP contribution in [0.2, 0.25) is 5.02 Å². The smallest absolute Gasteiger partial charge is 0.271 e. The molecule has 5 nitrogen and oxygen atoms in total. The highest BCUT2D eigenvalue weighted by molar-refractivity contribution is 6.30. The summed E-state index contributed by atoms with van der Waals surface area (Å²) in [6.07, 6.45) is 1.54. The third kappa shape index (κ3) is 5.59. The first-order valence-corrected chi connectivity index (χ1v) is 8.58. The molecule has 0 radical (unpaired) electrons. The van der Waals surface area contributed by atoms with Gasteiger partial charge in [-0.05, 0) is 71.8 Å². The summed E-state index contributed by atoms with van der Waals surface area (Å²) in [5.41, 5.74) is 4.66. The van der Waals surface area contributed by atoms with Crippen molar-refractivity contribution in [1.29, 1.82) is 0 Å². The minimum Gasteiger partial charge on any atom is -0.508 e. The lowest BCUT2D eigenvalue weighted by molar-refractivity contribution is 0.0955. The second-order valence-electron chi connectivity index (χ2n) is 5.73. The fourth-order valence-corrected chi connectivity index (χ4v) is 2.50. The van der Waals surface area contributed by atoms with Gasteiger partial charge in [-0.25, -0.2) is 5.43 Å². The predicted octanol–water partition coefficient (Wildman–Crippen LogP) is 4.39. The van der Waals surface area contributed by atoms with Crippen LogP contribution in [0.3, 0.4) is 0 Å². The highest BCUT2D eigenvalue weighted by Gasteiger charge is 2.03. The first-order valence-electron chi connectivity index (χ1n) is 8.20. The van der Waals surface area contributed by atoms with Gasteiger partial charge in [-0.1, -0.05) is 23.7 Å². The lowest BCUT2D eigenvalue weighted by atomic mass is 10.2. The van der Waals surface area contributed by atoms with Gasteiger partial charge in [-0.2, -0.15) is 5.10 Å². The van der Waals surface area contributed by atoms with E-state index in [1.165, 1.54) is 24.3 Å². The molecule has 2 N–H and O–H groups in total. The Kier molecular flexibility index (Phi) is 6.07. The molecule has 3 rings (SSSR count). The summed E-state index contributed by atoms with van der Waals surface area (Å²) in [6, 6.07) is 20.8. The SMILES string of the molecule is O=C(N/N=C/c1ccc(OCc2cccc(Cl)c2)cc1)c1ccc(O)cc1. The van der Waals surface area contributed by atoms with E-state index in [9.17, 15) is 9.90 Å². The molecular weight excluding hydrogens is 364 g/mol. The Morgan fingerprint density at radius 2 is 1.81 bits per heavy atom. The highest BCUT2D eigenvalue weighted by Crippen LogP contribution is 2.16. The van der Waals surface area contributed by atoms with Crippen molar-refractivity contribution < 1.29 is 14.6 Å². The molecule has 0 aromatic heterocycles. The number of phenols is 1. The molecule has 0 saturated heterocycles. The van der Waals surface area contributed by atoms with Gasteiger partial charge >= 0.3 is 0 Å². The van der Waals surface area contributed by atoms with Crippen LogP contribution in [-0.2, 0) is 6.61 Å². The first-order chi connectivity index (χ1) is 13.1. The topological polar surface area (TPSA) is 70.9 Å². The van der Waals surface area contributed by atoms with E-state index in [4.69, 9.17) is 16.3 Å². The molecule has 0 heterocycles. The van der Waals surface area contributed by atoms with Gasteiger partial charge in [-0.3, -0.25) is 4.79 Å². The Morgan fingerprint density at radius 3 is 2.52 bits per heavy atom. The van der Waals surface area contributed by atoms with Crippen LogP contribution in [0.15, 0.2) is 77.9 Å². The molecule has 0 spiro atoms. The number of hydrogen-bond acceptors (Lipinski definition) is 4. The van der Waals surface area contributed by atoms with Crippen molar-refractivity contribution in [2.24, 2.45) is 5.10 Å². The monoisotopic (exact) mass is 380 g/mol. The van der Waals surface area contributed by atoms with Crippen LogP contribution in [-0.4, -0.2) is 17.2 Å². The maximum Gasteiger partial charge on any atom is 0.271 e. The van der Waals surface area contributed by atoms with Crippen molar-refractivity contribution in [3.05, 3.63) is 94.5 Å². The zero-order valence-corrected chi connectivity index (χ0v) is 15.1. The molecule has 0 aliphatic carbocycles. The van der Waals surface area contributed by atoms with E-state index in [0.717, 1.165) is 16.9 Å². The van der Waals surface area contributed by atoms with Gasteiger partial charge in [0.2, 0.25) is 0 Å². The van der Waals surface area contributed by atoms with Crippen LogP contribution >= 0.6 is 11.6 Å². The molecule has 3 aromatic rings. The van der Waals surface area contributed by atoms with Gasteiger partial charge in [0, 0.05) is 10.6 Å². The zero-order chi connectivity index (χ0) is 19.1. The Bertz CT molecular complexity index is 938. The molecule has 136 valence electrons. The number of halogens is 1. The van der Waals surface area contributed by atoms with Crippen LogP contribution in [0, 0.1) is 0 Å². The standard InChI is InChI=1S/C21H17ClN2O3/c22-18-3-1-2-16(12-18)14-27-20-10-4-15(5-11-20)13-23-24-21(26)17-6-8-19(25)9-7-17/h1-13,25H,14H2,(H,24,26)/b23-13+. The van der Waals surface area contributed by atoms with E-state index in [2.05, 4.69) is 10.5 Å². The maximum atomic E-state index is 11.9. The van der Waals surface area contributed by atoms with Crippen LogP contribution in [0.25, 0.3) is 0 Å². The van der Waals surface area contributed by atoms with Gasteiger partial charge in [0.1, 0.15) is 18.1 Å². The van der Waals surface area contributed by atoms with Gasteiger partial charge in [-0.15, -0.1) is 0 Å².